The van der Waals surface area contributed by atoms with Crippen molar-refractivity contribution in [3.05, 3.63) is 25.7 Å². The lowest BCUT2D eigenvalue weighted by atomic mass is 10.3. The SMILES string of the molecule is CCOC(=O)C(C)N1C(=O)S/C(=C/c2ccc(Br)s2)C1=O. The largest absolute Gasteiger partial charge is 0.464 e. The van der Waals surface area contributed by atoms with E-state index >= 15 is 0 Å². The number of ether oxygens (including phenoxy) is 1. The summed E-state index contributed by atoms with van der Waals surface area (Å²) in [5, 5.41) is -0.456. The maximum Gasteiger partial charge on any atom is 0.329 e. The maximum absolute atomic E-state index is 12.3. The highest BCUT2D eigenvalue weighted by atomic mass is 79.9. The maximum atomic E-state index is 12.3. The van der Waals surface area contributed by atoms with Crippen LogP contribution in [0.1, 0.15) is 18.7 Å². The molecule has 112 valence electrons. The topological polar surface area (TPSA) is 63.7 Å². The van der Waals surface area contributed by atoms with Gasteiger partial charge in [-0.25, -0.2) is 4.79 Å². The first-order valence-electron chi connectivity index (χ1n) is 6.13. The molecule has 0 spiro atoms. The number of thiophene rings is 1. The van der Waals surface area contributed by atoms with Gasteiger partial charge in [-0.1, -0.05) is 0 Å². The molecule has 1 unspecified atom stereocenters. The van der Waals surface area contributed by atoms with Crippen molar-refractivity contribution >= 4 is 62.2 Å². The number of hydrogen-bond acceptors (Lipinski definition) is 6. The van der Waals surface area contributed by atoms with Gasteiger partial charge in [0.2, 0.25) is 0 Å². The van der Waals surface area contributed by atoms with Crippen molar-refractivity contribution in [2.45, 2.75) is 19.9 Å². The molecular formula is C13H12BrNO4S2. The van der Waals surface area contributed by atoms with Gasteiger partial charge in [0.05, 0.1) is 15.3 Å². The van der Waals surface area contributed by atoms with E-state index < -0.39 is 23.2 Å². The normalized spacial score (nSPS) is 18.4. The average molecular weight is 390 g/mol. The van der Waals surface area contributed by atoms with Crippen molar-refractivity contribution in [3.63, 3.8) is 0 Å². The minimum Gasteiger partial charge on any atom is -0.464 e. The van der Waals surface area contributed by atoms with Gasteiger partial charge in [-0.15, -0.1) is 11.3 Å². The van der Waals surface area contributed by atoms with Crippen molar-refractivity contribution in [2.75, 3.05) is 6.61 Å². The predicted molar refractivity (Wildman–Crippen MR) is 85.9 cm³/mol. The van der Waals surface area contributed by atoms with Crippen LogP contribution in [0.5, 0.6) is 0 Å². The second-order valence-corrected chi connectivity index (χ2v) is 7.61. The number of carbonyl (C=O) groups excluding carboxylic acids is 3. The molecule has 1 aromatic heterocycles. The van der Waals surface area contributed by atoms with Crippen LogP contribution < -0.4 is 0 Å². The van der Waals surface area contributed by atoms with Gasteiger partial charge in [-0.3, -0.25) is 14.5 Å². The second-order valence-electron chi connectivity index (χ2n) is 4.12. The summed E-state index contributed by atoms with van der Waals surface area (Å²) in [6.45, 7) is 3.37. The lowest BCUT2D eigenvalue weighted by molar-refractivity contribution is -0.150. The number of esters is 1. The summed E-state index contributed by atoms with van der Waals surface area (Å²) in [5.41, 5.74) is 0. The molecule has 21 heavy (non-hydrogen) atoms. The van der Waals surface area contributed by atoms with E-state index in [9.17, 15) is 14.4 Å². The molecule has 1 atom stereocenters. The molecule has 5 nitrogen and oxygen atoms in total. The molecule has 1 aromatic rings. The van der Waals surface area contributed by atoms with E-state index in [1.807, 2.05) is 12.1 Å². The molecule has 8 heteroatoms. The van der Waals surface area contributed by atoms with Gasteiger partial charge < -0.3 is 4.74 Å². The molecule has 1 saturated heterocycles. The van der Waals surface area contributed by atoms with Gasteiger partial charge in [0.25, 0.3) is 11.1 Å². The van der Waals surface area contributed by atoms with Crippen LogP contribution in [-0.2, 0) is 14.3 Å². The molecule has 0 aromatic carbocycles. The number of carbonyl (C=O) groups is 3. The van der Waals surface area contributed by atoms with Gasteiger partial charge in [0.1, 0.15) is 6.04 Å². The minimum atomic E-state index is -0.918. The van der Waals surface area contributed by atoms with Crippen LogP contribution >= 0.6 is 39.0 Å². The Morgan fingerprint density at radius 3 is 2.76 bits per heavy atom. The van der Waals surface area contributed by atoms with E-state index in [0.29, 0.717) is 4.91 Å². The van der Waals surface area contributed by atoms with E-state index in [-0.39, 0.29) is 6.61 Å². The highest BCUT2D eigenvalue weighted by Crippen LogP contribution is 2.35. The van der Waals surface area contributed by atoms with Gasteiger partial charge >= 0.3 is 5.97 Å². The Morgan fingerprint density at radius 1 is 1.48 bits per heavy atom. The molecule has 0 bridgehead atoms. The first-order valence-corrected chi connectivity index (χ1v) is 8.55. The van der Waals surface area contributed by atoms with E-state index in [0.717, 1.165) is 25.3 Å². The highest BCUT2D eigenvalue weighted by Gasteiger charge is 2.41. The van der Waals surface area contributed by atoms with Crippen molar-refractivity contribution in [2.24, 2.45) is 0 Å². The lowest BCUT2D eigenvalue weighted by Gasteiger charge is -2.19. The summed E-state index contributed by atoms with van der Waals surface area (Å²) >= 11 is 5.63. The Hall–Kier alpha value is -1.12. The number of halogens is 1. The van der Waals surface area contributed by atoms with Crippen LogP contribution in [-0.4, -0.2) is 34.7 Å². The van der Waals surface area contributed by atoms with Crippen molar-refractivity contribution in [1.29, 1.82) is 0 Å². The van der Waals surface area contributed by atoms with Crippen molar-refractivity contribution < 1.29 is 19.1 Å². The Morgan fingerprint density at radius 2 is 2.19 bits per heavy atom. The zero-order valence-corrected chi connectivity index (χ0v) is 14.5. The third-order valence-electron chi connectivity index (χ3n) is 2.71. The van der Waals surface area contributed by atoms with E-state index in [1.165, 1.54) is 18.3 Å². The van der Waals surface area contributed by atoms with Crippen LogP contribution in [0.2, 0.25) is 0 Å². The average Bonchev–Trinajstić information content (AvgIpc) is 2.94. The molecular weight excluding hydrogens is 378 g/mol. The third kappa shape index (κ3) is 3.56. The smallest absolute Gasteiger partial charge is 0.329 e. The number of amides is 2. The van der Waals surface area contributed by atoms with E-state index in [4.69, 9.17) is 4.74 Å². The third-order valence-corrected chi connectivity index (χ3v) is 5.16. The first kappa shape index (κ1) is 16.3. The number of imide groups is 1. The molecule has 0 saturated carbocycles. The lowest BCUT2D eigenvalue weighted by Crippen LogP contribution is -2.42. The van der Waals surface area contributed by atoms with Gasteiger partial charge in [-0.05, 0) is 59.7 Å². The molecule has 2 amide bonds. The summed E-state index contributed by atoms with van der Waals surface area (Å²) in [6.07, 6.45) is 1.65. The predicted octanol–water partition coefficient (Wildman–Crippen LogP) is 3.50. The summed E-state index contributed by atoms with van der Waals surface area (Å²) < 4.78 is 5.79. The fraction of sp³-hybridized carbons (Fsp3) is 0.308. The molecule has 2 rings (SSSR count). The number of nitrogens with zero attached hydrogens (tertiary/aromatic N) is 1. The van der Waals surface area contributed by atoms with Gasteiger partial charge in [-0.2, -0.15) is 0 Å². The van der Waals surface area contributed by atoms with Crippen molar-refractivity contribution in [1.82, 2.24) is 4.90 Å². The summed E-state index contributed by atoms with van der Waals surface area (Å²) in [6, 6.07) is 2.79. The molecule has 1 aliphatic heterocycles. The zero-order valence-electron chi connectivity index (χ0n) is 11.3. The Labute approximate surface area is 138 Å². The summed E-state index contributed by atoms with van der Waals surface area (Å²) in [4.78, 5) is 38.0. The van der Waals surface area contributed by atoms with Crippen LogP contribution in [0.15, 0.2) is 20.8 Å². The van der Waals surface area contributed by atoms with Crippen LogP contribution in [0.25, 0.3) is 6.08 Å². The van der Waals surface area contributed by atoms with Crippen LogP contribution in [0.4, 0.5) is 4.79 Å². The van der Waals surface area contributed by atoms with E-state index in [1.54, 1.807) is 13.0 Å². The molecule has 0 radical (unpaired) electrons. The fourth-order valence-corrected chi connectivity index (χ4v) is 4.06. The van der Waals surface area contributed by atoms with Crippen LogP contribution in [0, 0.1) is 0 Å². The summed E-state index contributed by atoms with van der Waals surface area (Å²) in [5.74, 6) is -1.05. The molecule has 0 aliphatic carbocycles. The molecule has 0 N–H and O–H groups in total. The highest BCUT2D eigenvalue weighted by molar-refractivity contribution is 9.11. The van der Waals surface area contributed by atoms with Gasteiger partial charge in [0, 0.05) is 4.88 Å². The molecule has 1 fully saturated rings. The van der Waals surface area contributed by atoms with E-state index in [2.05, 4.69) is 15.9 Å². The number of rotatable bonds is 4. The van der Waals surface area contributed by atoms with Crippen LogP contribution in [0.3, 0.4) is 0 Å². The van der Waals surface area contributed by atoms with Crippen molar-refractivity contribution in [3.8, 4) is 0 Å². The molecule has 1 aliphatic rings. The quantitative estimate of drug-likeness (QED) is 0.582. The fourth-order valence-electron chi connectivity index (χ4n) is 1.72. The van der Waals surface area contributed by atoms with Gasteiger partial charge in [0.15, 0.2) is 0 Å². The number of thioether (sulfide) groups is 1. The Balaban J connectivity index is 2.20. The summed E-state index contributed by atoms with van der Waals surface area (Å²) in [7, 11) is 0. The molecule has 2 heterocycles. The monoisotopic (exact) mass is 389 g/mol. The Bertz CT molecular complexity index is 625. The number of hydrogen-bond donors (Lipinski definition) is 0. The Kier molecular flexibility index (Phi) is 5.23. The standard InChI is InChI=1S/C13H12BrNO4S2/c1-3-19-12(17)7(2)15-11(16)9(21-13(15)18)6-8-4-5-10(14)20-8/h4-7H,3H2,1-2H3/b9-6+. The second kappa shape index (κ2) is 6.76. The zero-order chi connectivity index (χ0) is 15.6. The first-order chi connectivity index (χ1) is 9.93. The minimum absolute atomic E-state index is 0.207.